The molecule has 70 valence electrons. The standard InChI is InChI=1S/C8H9BrN2O2/c1-8(10,7(12)13)5-2-6(9)4-11-3-5/h2-4H,10H2,1H3,(H,12,13)/t8-/m1/s1. The molecule has 3 N–H and O–H groups in total. The minimum atomic E-state index is -1.39. The molecule has 13 heavy (non-hydrogen) atoms. The first-order valence-electron chi connectivity index (χ1n) is 3.58. The van der Waals surface area contributed by atoms with Gasteiger partial charge in [-0.15, -0.1) is 0 Å². The molecule has 0 spiro atoms. The molecule has 0 fully saturated rings. The zero-order valence-electron chi connectivity index (χ0n) is 6.99. The summed E-state index contributed by atoms with van der Waals surface area (Å²) in [5.74, 6) is -1.08. The summed E-state index contributed by atoms with van der Waals surface area (Å²) in [5, 5.41) is 8.82. The Labute approximate surface area is 83.9 Å². The Kier molecular flexibility index (Phi) is 2.68. The summed E-state index contributed by atoms with van der Waals surface area (Å²) in [4.78, 5) is 14.6. The minimum absolute atomic E-state index is 0.467. The second-order valence-corrected chi connectivity index (χ2v) is 3.82. The minimum Gasteiger partial charge on any atom is -0.480 e. The number of aromatic nitrogens is 1. The number of carboxylic acids is 1. The maximum absolute atomic E-state index is 10.8. The van der Waals surface area contributed by atoms with E-state index in [2.05, 4.69) is 20.9 Å². The van der Waals surface area contributed by atoms with Gasteiger partial charge in [-0.2, -0.15) is 0 Å². The first-order valence-corrected chi connectivity index (χ1v) is 4.37. The van der Waals surface area contributed by atoms with E-state index in [1.807, 2.05) is 0 Å². The second-order valence-electron chi connectivity index (χ2n) is 2.90. The molecule has 0 saturated heterocycles. The van der Waals surface area contributed by atoms with Gasteiger partial charge in [0.2, 0.25) is 0 Å². The summed E-state index contributed by atoms with van der Waals surface area (Å²) in [6, 6.07) is 1.64. The van der Waals surface area contributed by atoms with Crippen molar-refractivity contribution in [3.8, 4) is 0 Å². The zero-order valence-corrected chi connectivity index (χ0v) is 8.58. The van der Waals surface area contributed by atoms with E-state index in [4.69, 9.17) is 10.8 Å². The Balaban J connectivity index is 3.14. The lowest BCUT2D eigenvalue weighted by molar-refractivity contribution is -0.143. The number of carbonyl (C=O) groups is 1. The monoisotopic (exact) mass is 244 g/mol. The number of rotatable bonds is 2. The third-order valence-electron chi connectivity index (χ3n) is 1.75. The SMILES string of the molecule is C[C@](N)(C(=O)O)c1cncc(Br)c1. The first-order chi connectivity index (χ1) is 5.94. The van der Waals surface area contributed by atoms with Crippen LogP contribution >= 0.6 is 15.9 Å². The fourth-order valence-corrected chi connectivity index (χ4v) is 1.18. The summed E-state index contributed by atoms with van der Waals surface area (Å²) < 4.78 is 0.711. The number of hydrogen-bond acceptors (Lipinski definition) is 3. The van der Waals surface area contributed by atoms with Crippen LogP contribution in [-0.4, -0.2) is 16.1 Å². The third-order valence-corrected chi connectivity index (χ3v) is 2.18. The molecule has 0 amide bonds. The molecule has 0 saturated carbocycles. The molecule has 1 heterocycles. The van der Waals surface area contributed by atoms with Gasteiger partial charge in [-0.3, -0.25) is 4.98 Å². The quantitative estimate of drug-likeness (QED) is 0.817. The number of pyridine rings is 1. The summed E-state index contributed by atoms with van der Waals surface area (Å²) in [6.45, 7) is 1.43. The van der Waals surface area contributed by atoms with Crippen molar-refractivity contribution in [2.45, 2.75) is 12.5 Å². The summed E-state index contributed by atoms with van der Waals surface area (Å²) >= 11 is 3.19. The van der Waals surface area contributed by atoms with Crippen LogP contribution in [0.15, 0.2) is 22.9 Å². The van der Waals surface area contributed by atoms with Crippen LogP contribution < -0.4 is 5.73 Å². The van der Waals surface area contributed by atoms with Crippen LogP contribution in [0.5, 0.6) is 0 Å². The fourth-order valence-electron chi connectivity index (χ4n) is 0.819. The maximum Gasteiger partial charge on any atom is 0.328 e. The smallest absolute Gasteiger partial charge is 0.328 e. The molecular formula is C8H9BrN2O2. The molecule has 1 aromatic rings. The molecule has 5 heteroatoms. The van der Waals surface area contributed by atoms with E-state index in [9.17, 15) is 4.79 Å². The molecule has 0 aliphatic heterocycles. The highest BCUT2D eigenvalue weighted by molar-refractivity contribution is 9.10. The van der Waals surface area contributed by atoms with Crippen molar-refractivity contribution in [2.75, 3.05) is 0 Å². The molecule has 1 atom stereocenters. The largest absolute Gasteiger partial charge is 0.480 e. The molecule has 1 rings (SSSR count). The van der Waals surface area contributed by atoms with E-state index in [0.29, 0.717) is 10.0 Å². The van der Waals surface area contributed by atoms with Gasteiger partial charge in [-0.25, -0.2) is 4.79 Å². The Hall–Kier alpha value is -0.940. The van der Waals surface area contributed by atoms with Gasteiger partial charge >= 0.3 is 5.97 Å². The summed E-state index contributed by atoms with van der Waals surface area (Å²) in [7, 11) is 0. The lowest BCUT2D eigenvalue weighted by Crippen LogP contribution is -2.41. The molecular weight excluding hydrogens is 236 g/mol. The first kappa shape index (κ1) is 10.1. The fraction of sp³-hybridized carbons (Fsp3) is 0.250. The summed E-state index contributed by atoms with van der Waals surface area (Å²) in [5.41, 5.74) is 4.66. The normalized spacial score (nSPS) is 15.0. The van der Waals surface area contributed by atoms with Gasteiger partial charge in [0.15, 0.2) is 0 Å². The van der Waals surface area contributed by atoms with Gasteiger partial charge < -0.3 is 10.8 Å². The van der Waals surface area contributed by atoms with Gasteiger partial charge in [0, 0.05) is 22.4 Å². The van der Waals surface area contributed by atoms with Crippen molar-refractivity contribution in [1.29, 1.82) is 0 Å². The third kappa shape index (κ3) is 2.05. The number of carboxylic acid groups (broad SMARTS) is 1. The van der Waals surface area contributed by atoms with Crippen molar-refractivity contribution < 1.29 is 9.90 Å². The molecule has 0 bridgehead atoms. The van der Waals surface area contributed by atoms with Crippen molar-refractivity contribution in [1.82, 2.24) is 4.98 Å². The van der Waals surface area contributed by atoms with Crippen LogP contribution in [0.1, 0.15) is 12.5 Å². The molecule has 0 aliphatic rings. The van der Waals surface area contributed by atoms with Gasteiger partial charge in [-0.05, 0) is 28.9 Å². The van der Waals surface area contributed by atoms with Gasteiger partial charge in [-0.1, -0.05) is 0 Å². The van der Waals surface area contributed by atoms with E-state index in [-0.39, 0.29) is 0 Å². The second kappa shape index (κ2) is 3.43. The molecule has 1 aromatic heterocycles. The maximum atomic E-state index is 10.8. The van der Waals surface area contributed by atoms with Crippen molar-refractivity contribution in [2.24, 2.45) is 5.73 Å². The van der Waals surface area contributed by atoms with E-state index >= 15 is 0 Å². The number of nitrogens with two attached hydrogens (primary N) is 1. The zero-order chi connectivity index (χ0) is 10.1. The van der Waals surface area contributed by atoms with Crippen LogP contribution in [0.25, 0.3) is 0 Å². The average molecular weight is 245 g/mol. The Morgan fingerprint density at radius 1 is 1.69 bits per heavy atom. The molecule has 0 aromatic carbocycles. The van der Waals surface area contributed by atoms with Crippen LogP contribution in [0.4, 0.5) is 0 Å². The highest BCUT2D eigenvalue weighted by Gasteiger charge is 2.30. The van der Waals surface area contributed by atoms with E-state index in [0.717, 1.165) is 0 Å². The van der Waals surface area contributed by atoms with Gasteiger partial charge in [0.05, 0.1) is 0 Å². The van der Waals surface area contributed by atoms with E-state index in [1.54, 1.807) is 12.3 Å². The Bertz CT molecular complexity index is 339. The summed E-state index contributed by atoms with van der Waals surface area (Å²) in [6.07, 6.45) is 3.01. The van der Waals surface area contributed by atoms with E-state index < -0.39 is 11.5 Å². The number of halogens is 1. The molecule has 4 nitrogen and oxygen atoms in total. The van der Waals surface area contributed by atoms with Crippen LogP contribution in [0.3, 0.4) is 0 Å². The number of nitrogens with zero attached hydrogens (tertiary/aromatic N) is 1. The van der Waals surface area contributed by atoms with Crippen LogP contribution in [0, 0.1) is 0 Å². The topological polar surface area (TPSA) is 76.2 Å². The predicted octanol–water partition coefficient (Wildman–Crippen LogP) is 1.10. The number of hydrogen-bond donors (Lipinski definition) is 2. The van der Waals surface area contributed by atoms with Gasteiger partial charge in [0.1, 0.15) is 5.54 Å². The predicted molar refractivity (Wildman–Crippen MR) is 51.1 cm³/mol. The van der Waals surface area contributed by atoms with Crippen molar-refractivity contribution in [3.05, 3.63) is 28.5 Å². The van der Waals surface area contributed by atoms with E-state index in [1.165, 1.54) is 13.1 Å². The van der Waals surface area contributed by atoms with Crippen molar-refractivity contribution >= 4 is 21.9 Å². The molecule has 0 radical (unpaired) electrons. The average Bonchev–Trinajstić information content (AvgIpc) is 2.04. The lowest BCUT2D eigenvalue weighted by atomic mass is 9.95. The molecule has 0 unspecified atom stereocenters. The van der Waals surface area contributed by atoms with Crippen molar-refractivity contribution in [3.63, 3.8) is 0 Å². The Morgan fingerprint density at radius 3 is 2.77 bits per heavy atom. The van der Waals surface area contributed by atoms with Gasteiger partial charge in [0.25, 0.3) is 0 Å². The van der Waals surface area contributed by atoms with Crippen LogP contribution in [-0.2, 0) is 10.3 Å². The Morgan fingerprint density at radius 2 is 2.31 bits per heavy atom. The van der Waals surface area contributed by atoms with Crippen LogP contribution in [0.2, 0.25) is 0 Å². The highest BCUT2D eigenvalue weighted by Crippen LogP contribution is 2.20. The lowest BCUT2D eigenvalue weighted by Gasteiger charge is -2.18. The molecule has 0 aliphatic carbocycles. The highest BCUT2D eigenvalue weighted by atomic mass is 79.9. The number of aliphatic carboxylic acids is 1.